The van der Waals surface area contributed by atoms with Crippen LogP contribution in [-0.2, 0) is 15.9 Å². The van der Waals surface area contributed by atoms with Crippen molar-refractivity contribution < 1.29 is 14.6 Å². The molecule has 1 aromatic carbocycles. The summed E-state index contributed by atoms with van der Waals surface area (Å²) >= 11 is 0. The molecule has 1 rings (SSSR count). The molecule has 1 unspecified atom stereocenters. The number of hydrogen-bond donors (Lipinski definition) is 2. The van der Waals surface area contributed by atoms with Gasteiger partial charge in [0.25, 0.3) is 5.91 Å². The first-order valence-corrected chi connectivity index (χ1v) is 9.61. The summed E-state index contributed by atoms with van der Waals surface area (Å²) in [4.78, 5) is 12.0. The zero-order valence-electron chi connectivity index (χ0n) is 13.1. The summed E-state index contributed by atoms with van der Waals surface area (Å²) in [7, 11) is -2.66. The molecule has 0 radical (unpaired) electrons. The zero-order chi connectivity index (χ0) is 16.0. The third-order valence-corrected chi connectivity index (χ3v) is 4.93. The number of hydroxylamine groups is 1. The van der Waals surface area contributed by atoms with E-state index in [0.717, 1.165) is 5.56 Å². The molecule has 0 fully saturated rings. The van der Waals surface area contributed by atoms with Crippen molar-refractivity contribution in [3.8, 4) is 0 Å². The summed E-state index contributed by atoms with van der Waals surface area (Å²) in [6.45, 7) is 7.70. The highest BCUT2D eigenvalue weighted by atomic mass is 31.2. The van der Waals surface area contributed by atoms with Crippen molar-refractivity contribution in [2.24, 2.45) is 5.92 Å². The Morgan fingerprint density at radius 3 is 2.29 bits per heavy atom. The van der Waals surface area contributed by atoms with Gasteiger partial charge in [-0.2, -0.15) is 0 Å². The van der Waals surface area contributed by atoms with E-state index in [1.165, 1.54) is 0 Å². The van der Waals surface area contributed by atoms with Crippen LogP contribution in [-0.4, -0.2) is 35.2 Å². The Morgan fingerprint density at radius 1 is 1.29 bits per heavy atom. The van der Waals surface area contributed by atoms with Gasteiger partial charge in [-0.05, 0) is 17.9 Å². The highest BCUT2D eigenvalue weighted by Crippen LogP contribution is 2.45. The summed E-state index contributed by atoms with van der Waals surface area (Å²) in [5, 5.41) is 8.98. The Morgan fingerprint density at radius 2 is 1.86 bits per heavy atom. The first kappa shape index (κ1) is 17.9. The summed E-state index contributed by atoms with van der Waals surface area (Å²) in [5.74, 6) is -0.263. The monoisotopic (exact) mass is 312 g/mol. The number of hydrogen-bond acceptors (Lipinski definition) is 3. The maximum Gasteiger partial charge on any atom is 0.261 e. The number of carbonyl (C=O) groups is 1. The number of carbonyl (C=O) groups excluding carboxylic acids is 1. The molecule has 0 saturated carbocycles. The molecule has 5 nitrogen and oxygen atoms in total. The zero-order valence-corrected chi connectivity index (χ0v) is 14.0. The number of benzene rings is 1. The van der Waals surface area contributed by atoms with Crippen LogP contribution >= 0.6 is 7.29 Å². The predicted octanol–water partition coefficient (Wildman–Crippen LogP) is 2.95. The van der Waals surface area contributed by atoms with Crippen molar-refractivity contribution in [1.29, 1.82) is 0 Å². The van der Waals surface area contributed by atoms with Gasteiger partial charge in [0.05, 0.1) is 6.04 Å². The Hall–Kier alpha value is -1.16. The normalized spacial score (nSPS) is 13.5. The summed E-state index contributed by atoms with van der Waals surface area (Å²) in [6, 6.07) is 8.99. The van der Waals surface area contributed by atoms with Crippen LogP contribution < -0.4 is 5.48 Å². The van der Waals surface area contributed by atoms with E-state index in [2.05, 4.69) is 0 Å². The standard InChI is InChI=1S/C15H25N2O3P/c1-12(2)10-14(15(18)16-19)17(21(3,4)20)11-13-8-6-5-7-9-13/h5-9,12,14,19H,10-11H2,1-4H3,(H,16,18). The number of rotatable bonds is 7. The van der Waals surface area contributed by atoms with Gasteiger partial charge in [-0.25, -0.2) is 10.2 Å². The van der Waals surface area contributed by atoms with Crippen molar-refractivity contribution in [3.05, 3.63) is 35.9 Å². The molecule has 2 N–H and O–H groups in total. The lowest BCUT2D eigenvalue weighted by Gasteiger charge is -2.34. The number of nitrogens with zero attached hydrogens (tertiary/aromatic N) is 1. The van der Waals surface area contributed by atoms with Gasteiger partial charge in [-0.1, -0.05) is 44.2 Å². The van der Waals surface area contributed by atoms with Crippen molar-refractivity contribution >= 4 is 13.2 Å². The molecule has 0 saturated heterocycles. The van der Waals surface area contributed by atoms with Gasteiger partial charge in [0.15, 0.2) is 0 Å². The van der Waals surface area contributed by atoms with Gasteiger partial charge >= 0.3 is 0 Å². The van der Waals surface area contributed by atoms with E-state index in [-0.39, 0.29) is 5.92 Å². The largest absolute Gasteiger partial charge is 0.307 e. The molecular formula is C15H25N2O3P. The molecule has 6 heteroatoms. The maximum absolute atomic E-state index is 12.6. The lowest BCUT2D eigenvalue weighted by atomic mass is 10.0. The van der Waals surface area contributed by atoms with Gasteiger partial charge in [-0.15, -0.1) is 0 Å². The fraction of sp³-hybridized carbons (Fsp3) is 0.533. The Bertz CT molecular complexity index is 499. The van der Waals surface area contributed by atoms with Crippen LogP contribution in [0.15, 0.2) is 30.3 Å². The van der Waals surface area contributed by atoms with Crippen LogP contribution in [0.5, 0.6) is 0 Å². The first-order valence-electron chi connectivity index (χ1n) is 7.05. The van der Waals surface area contributed by atoms with E-state index < -0.39 is 19.2 Å². The first-order chi connectivity index (χ1) is 9.75. The minimum atomic E-state index is -2.66. The third-order valence-electron chi connectivity index (χ3n) is 3.27. The van der Waals surface area contributed by atoms with E-state index in [4.69, 9.17) is 5.21 Å². The number of nitrogens with one attached hydrogen (secondary N) is 1. The van der Waals surface area contributed by atoms with Gasteiger partial charge in [0.2, 0.25) is 0 Å². The van der Waals surface area contributed by atoms with Gasteiger partial charge in [-0.3, -0.25) is 10.0 Å². The van der Waals surface area contributed by atoms with Crippen LogP contribution in [0.4, 0.5) is 0 Å². The predicted molar refractivity (Wildman–Crippen MR) is 84.6 cm³/mol. The fourth-order valence-corrected chi connectivity index (χ4v) is 3.65. The second-order valence-electron chi connectivity index (χ2n) is 6.00. The molecule has 0 aliphatic heterocycles. The number of amides is 1. The van der Waals surface area contributed by atoms with Crippen molar-refractivity contribution in [3.63, 3.8) is 0 Å². The second-order valence-corrected chi connectivity index (χ2v) is 9.10. The minimum Gasteiger partial charge on any atom is -0.307 e. The lowest BCUT2D eigenvalue weighted by molar-refractivity contribution is -0.133. The van der Waals surface area contributed by atoms with Crippen molar-refractivity contribution in [2.75, 3.05) is 13.3 Å². The average Bonchev–Trinajstić information content (AvgIpc) is 2.41. The van der Waals surface area contributed by atoms with Gasteiger partial charge in [0.1, 0.15) is 7.29 Å². The highest BCUT2D eigenvalue weighted by molar-refractivity contribution is 7.59. The molecule has 0 bridgehead atoms. The molecule has 0 heterocycles. The highest BCUT2D eigenvalue weighted by Gasteiger charge is 2.33. The van der Waals surface area contributed by atoms with Crippen molar-refractivity contribution in [1.82, 2.24) is 10.2 Å². The lowest BCUT2D eigenvalue weighted by Crippen LogP contribution is -2.44. The van der Waals surface area contributed by atoms with Gasteiger partial charge < -0.3 is 4.57 Å². The third kappa shape index (κ3) is 5.62. The molecule has 1 aromatic rings. The van der Waals surface area contributed by atoms with Crippen LogP contribution in [0.3, 0.4) is 0 Å². The summed E-state index contributed by atoms with van der Waals surface area (Å²) < 4.78 is 14.3. The molecule has 0 aliphatic rings. The van der Waals surface area contributed by atoms with E-state index in [1.807, 2.05) is 44.2 Å². The Kier molecular flexibility index (Phi) is 6.59. The van der Waals surface area contributed by atoms with Crippen LogP contribution in [0.1, 0.15) is 25.8 Å². The molecule has 0 aromatic heterocycles. The van der Waals surface area contributed by atoms with E-state index in [9.17, 15) is 9.36 Å². The van der Waals surface area contributed by atoms with Gasteiger partial charge in [0, 0.05) is 19.9 Å². The molecule has 0 spiro atoms. The molecule has 1 amide bonds. The fourth-order valence-electron chi connectivity index (χ4n) is 2.27. The smallest absolute Gasteiger partial charge is 0.261 e. The maximum atomic E-state index is 12.6. The van der Waals surface area contributed by atoms with Crippen LogP contribution in [0.2, 0.25) is 0 Å². The molecule has 1 atom stereocenters. The summed E-state index contributed by atoms with van der Waals surface area (Å²) in [6.07, 6.45) is 0.533. The molecule has 118 valence electrons. The Balaban J connectivity index is 3.09. The van der Waals surface area contributed by atoms with E-state index >= 15 is 0 Å². The Labute approximate surface area is 126 Å². The van der Waals surface area contributed by atoms with Crippen LogP contribution in [0.25, 0.3) is 0 Å². The van der Waals surface area contributed by atoms with Crippen molar-refractivity contribution in [2.45, 2.75) is 32.9 Å². The summed E-state index contributed by atoms with van der Waals surface area (Å²) in [5.41, 5.74) is 2.69. The topological polar surface area (TPSA) is 69.6 Å². The average molecular weight is 312 g/mol. The second kappa shape index (κ2) is 7.74. The molecule has 0 aliphatic carbocycles. The minimum absolute atomic E-state index is 0.247. The van der Waals surface area contributed by atoms with E-state index in [1.54, 1.807) is 23.5 Å². The van der Waals surface area contributed by atoms with Crippen LogP contribution in [0, 0.1) is 5.92 Å². The quantitative estimate of drug-likeness (QED) is 0.461. The molecular weight excluding hydrogens is 287 g/mol. The SMILES string of the molecule is CC(C)CC(C(=O)NO)N(Cc1ccccc1)P(C)(C)=O. The molecule has 21 heavy (non-hydrogen) atoms. The van der Waals surface area contributed by atoms with E-state index in [0.29, 0.717) is 13.0 Å².